The van der Waals surface area contributed by atoms with Crippen molar-refractivity contribution in [3.63, 3.8) is 0 Å². The fourth-order valence-electron chi connectivity index (χ4n) is 1.84. The zero-order chi connectivity index (χ0) is 13.9. The van der Waals surface area contributed by atoms with E-state index in [4.69, 9.17) is 5.73 Å². The molecule has 0 bridgehead atoms. The summed E-state index contributed by atoms with van der Waals surface area (Å²) in [7, 11) is 0. The summed E-state index contributed by atoms with van der Waals surface area (Å²) in [5.41, 5.74) is 6.90. The lowest BCUT2D eigenvalue weighted by molar-refractivity contribution is -0.124. The monoisotopic (exact) mass is 269 g/mol. The van der Waals surface area contributed by atoms with Gasteiger partial charge in [-0.3, -0.25) is 4.79 Å². The molecule has 18 heavy (non-hydrogen) atoms. The van der Waals surface area contributed by atoms with Gasteiger partial charge in [0.1, 0.15) is 0 Å². The Kier molecular flexibility index (Phi) is 5.28. The summed E-state index contributed by atoms with van der Waals surface area (Å²) >= 11 is 1.62. The molecule has 102 valence electrons. The number of amides is 1. The van der Waals surface area contributed by atoms with Crippen molar-refractivity contribution in [2.45, 2.75) is 53.1 Å². The number of aromatic nitrogens is 1. The molecule has 3 atom stereocenters. The van der Waals surface area contributed by atoms with E-state index in [2.05, 4.69) is 10.3 Å². The number of rotatable bonds is 5. The number of hydrogen-bond donors (Lipinski definition) is 2. The van der Waals surface area contributed by atoms with Crippen molar-refractivity contribution in [1.29, 1.82) is 0 Å². The molecule has 0 radical (unpaired) electrons. The molecule has 0 aliphatic heterocycles. The van der Waals surface area contributed by atoms with Gasteiger partial charge in [-0.2, -0.15) is 0 Å². The van der Waals surface area contributed by atoms with E-state index in [1.807, 2.05) is 34.6 Å². The van der Waals surface area contributed by atoms with Crippen LogP contribution in [0.15, 0.2) is 0 Å². The van der Waals surface area contributed by atoms with E-state index in [9.17, 15) is 4.79 Å². The number of nitrogens with two attached hydrogens (primary N) is 1. The minimum absolute atomic E-state index is 0.0289. The molecule has 1 amide bonds. The highest BCUT2D eigenvalue weighted by atomic mass is 32.1. The van der Waals surface area contributed by atoms with E-state index in [1.165, 1.54) is 0 Å². The zero-order valence-electron chi connectivity index (χ0n) is 11.8. The Morgan fingerprint density at radius 2 is 2.06 bits per heavy atom. The van der Waals surface area contributed by atoms with Gasteiger partial charge in [-0.25, -0.2) is 4.98 Å². The van der Waals surface area contributed by atoms with Crippen molar-refractivity contribution in [2.24, 2.45) is 11.7 Å². The van der Waals surface area contributed by atoms with Crippen LogP contribution in [0.2, 0.25) is 0 Å². The van der Waals surface area contributed by atoms with Crippen molar-refractivity contribution in [1.82, 2.24) is 10.3 Å². The summed E-state index contributed by atoms with van der Waals surface area (Å²) in [6, 6.07) is -0.467. The SMILES string of the molecule is CC[C@H](C)[C@H](N)C(=O)NC(C)c1sc(C)nc1C. The second kappa shape index (κ2) is 6.29. The van der Waals surface area contributed by atoms with Crippen LogP contribution in [-0.2, 0) is 4.79 Å². The highest BCUT2D eigenvalue weighted by Gasteiger charge is 2.22. The van der Waals surface area contributed by atoms with Crippen LogP contribution in [0.4, 0.5) is 0 Å². The Bertz CT molecular complexity index is 416. The molecule has 0 saturated carbocycles. The van der Waals surface area contributed by atoms with Gasteiger partial charge in [0.2, 0.25) is 5.91 Å². The predicted molar refractivity (Wildman–Crippen MR) is 75.6 cm³/mol. The summed E-state index contributed by atoms with van der Waals surface area (Å²) in [5, 5.41) is 3.99. The molecule has 1 aromatic heterocycles. The van der Waals surface area contributed by atoms with Gasteiger partial charge in [0.05, 0.1) is 22.8 Å². The van der Waals surface area contributed by atoms with E-state index in [1.54, 1.807) is 11.3 Å². The smallest absolute Gasteiger partial charge is 0.237 e. The third kappa shape index (κ3) is 3.53. The molecule has 0 aliphatic carbocycles. The molecule has 1 unspecified atom stereocenters. The molecule has 1 rings (SSSR count). The molecule has 5 heteroatoms. The Hall–Kier alpha value is -0.940. The number of hydrogen-bond acceptors (Lipinski definition) is 4. The molecule has 0 spiro atoms. The number of nitrogens with one attached hydrogen (secondary N) is 1. The van der Waals surface area contributed by atoms with Gasteiger partial charge in [-0.05, 0) is 26.7 Å². The van der Waals surface area contributed by atoms with Gasteiger partial charge in [0, 0.05) is 4.88 Å². The fraction of sp³-hybridized carbons (Fsp3) is 0.692. The minimum Gasteiger partial charge on any atom is -0.347 e. The maximum absolute atomic E-state index is 12.0. The zero-order valence-corrected chi connectivity index (χ0v) is 12.6. The van der Waals surface area contributed by atoms with Crippen molar-refractivity contribution in [3.8, 4) is 0 Å². The highest BCUT2D eigenvalue weighted by Crippen LogP contribution is 2.24. The molecule has 0 aromatic carbocycles. The minimum atomic E-state index is -0.438. The highest BCUT2D eigenvalue weighted by molar-refractivity contribution is 7.11. The number of aryl methyl sites for hydroxylation is 2. The molecule has 0 aliphatic rings. The van der Waals surface area contributed by atoms with Crippen molar-refractivity contribution in [3.05, 3.63) is 15.6 Å². The van der Waals surface area contributed by atoms with E-state index >= 15 is 0 Å². The molecule has 1 aromatic rings. The molecule has 4 nitrogen and oxygen atoms in total. The lowest BCUT2D eigenvalue weighted by Crippen LogP contribution is -2.45. The summed E-state index contributed by atoms with van der Waals surface area (Å²) in [6.45, 7) is 9.95. The van der Waals surface area contributed by atoms with Crippen LogP contribution in [0.25, 0.3) is 0 Å². The van der Waals surface area contributed by atoms with Crippen LogP contribution >= 0.6 is 11.3 Å². The quantitative estimate of drug-likeness (QED) is 0.862. The van der Waals surface area contributed by atoms with Crippen LogP contribution in [0.1, 0.15) is 48.8 Å². The topological polar surface area (TPSA) is 68.0 Å². The number of nitrogens with zero attached hydrogens (tertiary/aromatic N) is 1. The summed E-state index contributed by atoms with van der Waals surface area (Å²) in [5.74, 6) is 0.115. The van der Waals surface area contributed by atoms with Crippen LogP contribution in [0.5, 0.6) is 0 Å². The molecule has 0 saturated heterocycles. The first-order valence-electron chi connectivity index (χ1n) is 6.36. The average molecular weight is 269 g/mol. The summed E-state index contributed by atoms with van der Waals surface area (Å²) in [4.78, 5) is 17.5. The summed E-state index contributed by atoms with van der Waals surface area (Å²) < 4.78 is 0. The first-order chi connectivity index (χ1) is 8.36. The van der Waals surface area contributed by atoms with Gasteiger partial charge in [-0.15, -0.1) is 11.3 Å². The molecule has 0 fully saturated rings. The van der Waals surface area contributed by atoms with Crippen LogP contribution in [-0.4, -0.2) is 16.9 Å². The standard InChI is InChI=1S/C13H23N3OS/c1-6-7(2)11(14)13(17)16-9(4)12-8(3)15-10(5)18-12/h7,9,11H,6,14H2,1-5H3,(H,16,17)/t7-,9?,11-/m0/s1. The van der Waals surface area contributed by atoms with Crippen molar-refractivity contribution in [2.75, 3.05) is 0 Å². The molecular weight excluding hydrogens is 246 g/mol. The summed E-state index contributed by atoms with van der Waals surface area (Å²) in [6.07, 6.45) is 0.904. The fourth-order valence-corrected chi connectivity index (χ4v) is 2.77. The van der Waals surface area contributed by atoms with E-state index in [-0.39, 0.29) is 17.9 Å². The molecule has 3 N–H and O–H groups in total. The Balaban J connectivity index is 2.67. The first kappa shape index (κ1) is 15.1. The maximum atomic E-state index is 12.0. The van der Waals surface area contributed by atoms with Gasteiger partial charge in [-0.1, -0.05) is 20.3 Å². The van der Waals surface area contributed by atoms with Crippen LogP contribution in [0, 0.1) is 19.8 Å². The Morgan fingerprint density at radius 3 is 2.50 bits per heavy atom. The number of carbonyl (C=O) groups is 1. The van der Waals surface area contributed by atoms with Crippen molar-refractivity contribution < 1.29 is 4.79 Å². The third-order valence-corrected chi connectivity index (χ3v) is 4.51. The predicted octanol–water partition coefficient (Wildman–Crippen LogP) is 2.31. The first-order valence-corrected chi connectivity index (χ1v) is 7.18. The van der Waals surface area contributed by atoms with Gasteiger partial charge >= 0.3 is 0 Å². The Morgan fingerprint density at radius 1 is 1.44 bits per heavy atom. The number of carbonyl (C=O) groups excluding carboxylic acids is 1. The van der Waals surface area contributed by atoms with Crippen LogP contribution in [0.3, 0.4) is 0 Å². The Labute approximate surface area is 113 Å². The van der Waals surface area contributed by atoms with E-state index in [0.717, 1.165) is 22.0 Å². The third-order valence-electron chi connectivity index (χ3n) is 3.25. The second-order valence-electron chi connectivity index (χ2n) is 4.82. The lowest BCUT2D eigenvalue weighted by Gasteiger charge is -2.20. The van der Waals surface area contributed by atoms with Gasteiger partial charge in [0.25, 0.3) is 0 Å². The maximum Gasteiger partial charge on any atom is 0.237 e. The second-order valence-corrected chi connectivity index (χ2v) is 6.06. The molecule has 1 heterocycles. The van der Waals surface area contributed by atoms with Crippen LogP contribution < -0.4 is 11.1 Å². The van der Waals surface area contributed by atoms with Gasteiger partial charge < -0.3 is 11.1 Å². The normalized spacial score (nSPS) is 16.1. The van der Waals surface area contributed by atoms with Gasteiger partial charge in [0.15, 0.2) is 0 Å². The van der Waals surface area contributed by atoms with Crippen molar-refractivity contribution >= 4 is 17.2 Å². The van der Waals surface area contributed by atoms with E-state index < -0.39 is 6.04 Å². The molecular formula is C13H23N3OS. The number of thiazole rings is 1. The van der Waals surface area contributed by atoms with E-state index in [0.29, 0.717) is 0 Å². The average Bonchev–Trinajstić information content (AvgIpc) is 2.66. The largest absolute Gasteiger partial charge is 0.347 e. The lowest BCUT2D eigenvalue weighted by atomic mass is 9.99.